The van der Waals surface area contributed by atoms with E-state index in [-0.39, 0.29) is 0 Å². The average Bonchev–Trinajstić information content (AvgIpc) is 2.26. The molecular weight excluding hydrogens is 192 g/mol. The topological polar surface area (TPSA) is 52.6 Å². The van der Waals surface area contributed by atoms with Gasteiger partial charge in [-0.15, -0.1) is 0 Å². The lowest BCUT2D eigenvalue weighted by atomic mass is 9.94. The lowest BCUT2D eigenvalue weighted by Gasteiger charge is -2.32. The van der Waals surface area contributed by atoms with Crippen LogP contribution < -0.4 is 5.32 Å². The number of hydrogen-bond acceptors (Lipinski definition) is 3. The van der Waals surface area contributed by atoms with E-state index in [1.807, 2.05) is 7.05 Å². The monoisotopic (exact) mass is 214 g/mol. The van der Waals surface area contributed by atoms with Crippen molar-refractivity contribution in [1.29, 1.82) is 0 Å². The number of carboxylic acid groups (broad SMARTS) is 1. The van der Waals surface area contributed by atoms with Gasteiger partial charge in [0.25, 0.3) is 0 Å². The Kier molecular flexibility index (Phi) is 5.05. The van der Waals surface area contributed by atoms with Crippen molar-refractivity contribution in [1.82, 2.24) is 10.2 Å². The zero-order valence-electron chi connectivity index (χ0n) is 9.70. The first-order valence-corrected chi connectivity index (χ1v) is 5.75. The Morgan fingerprint density at radius 1 is 1.47 bits per heavy atom. The molecule has 88 valence electrons. The molecule has 15 heavy (non-hydrogen) atoms. The van der Waals surface area contributed by atoms with Gasteiger partial charge >= 0.3 is 5.97 Å². The third kappa shape index (κ3) is 3.80. The molecule has 0 spiro atoms. The smallest absolute Gasteiger partial charge is 0.322 e. The van der Waals surface area contributed by atoms with Gasteiger partial charge in [-0.1, -0.05) is 19.3 Å². The SMILES string of the molecule is CNC(CN(C)C1CCCCC1)C(=O)O. The molecule has 4 heteroatoms. The van der Waals surface area contributed by atoms with Crippen LogP contribution in [0.25, 0.3) is 0 Å². The maximum absolute atomic E-state index is 10.9. The Balaban J connectivity index is 2.38. The summed E-state index contributed by atoms with van der Waals surface area (Å²) in [7, 11) is 3.73. The highest BCUT2D eigenvalue weighted by Crippen LogP contribution is 2.21. The van der Waals surface area contributed by atoms with E-state index in [9.17, 15) is 4.79 Å². The van der Waals surface area contributed by atoms with Crippen molar-refractivity contribution in [2.75, 3.05) is 20.6 Å². The Morgan fingerprint density at radius 3 is 2.53 bits per heavy atom. The quantitative estimate of drug-likeness (QED) is 0.714. The normalized spacial score (nSPS) is 20.5. The second-order valence-corrected chi connectivity index (χ2v) is 4.41. The molecule has 0 amide bonds. The van der Waals surface area contributed by atoms with Crippen LogP contribution in [-0.4, -0.2) is 48.7 Å². The third-order valence-corrected chi connectivity index (χ3v) is 3.32. The van der Waals surface area contributed by atoms with Gasteiger partial charge in [-0.2, -0.15) is 0 Å². The van der Waals surface area contributed by atoms with Crippen LogP contribution in [-0.2, 0) is 4.79 Å². The number of carboxylic acids is 1. The van der Waals surface area contributed by atoms with Crippen LogP contribution in [0.15, 0.2) is 0 Å². The maximum atomic E-state index is 10.9. The van der Waals surface area contributed by atoms with Crippen molar-refractivity contribution in [2.24, 2.45) is 0 Å². The fraction of sp³-hybridized carbons (Fsp3) is 0.909. The van der Waals surface area contributed by atoms with Crippen molar-refractivity contribution >= 4 is 5.97 Å². The lowest BCUT2D eigenvalue weighted by Crippen LogP contribution is -2.47. The molecule has 2 N–H and O–H groups in total. The molecule has 0 saturated heterocycles. The Bertz CT molecular complexity index is 203. The first-order chi connectivity index (χ1) is 7.15. The van der Waals surface area contributed by atoms with E-state index < -0.39 is 12.0 Å². The van der Waals surface area contributed by atoms with Gasteiger partial charge in [0.2, 0.25) is 0 Å². The molecule has 0 bridgehead atoms. The van der Waals surface area contributed by atoms with Crippen LogP contribution in [0.4, 0.5) is 0 Å². The second kappa shape index (κ2) is 6.08. The van der Waals surface area contributed by atoms with Crippen LogP contribution in [0.3, 0.4) is 0 Å². The zero-order valence-corrected chi connectivity index (χ0v) is 9.70. The minimum atomic E-state index is -0.764. The first kappa shape index (κ1) is 12.5. The van der Waals surface area contributed by atoms with Gasteiger partial charge < -0.3 is 15.3 Å². The van der Waals surface area contributed by atoms with Gasteiger partial charge in [0.05, 0.1) is 0 Å². The molecule has 0 aromatic heterocycles. The molecule has 1 atom stereocenters. The molecule has 1 aliphatic carbocycles. The highest BCUT2D eigenvalue weighted by molar-refractivity contribution is 5.73. The van der Waals surface area contributed by atoms with Gasteiger partial charge in [0, 0.05) is 12.6 Å². The summed E-state index contributed by atoms with van der Waals surface area (Å²) in [6.07, 6.45) is 6.33. The summed E-state index contributed by atoms with van der Waals surface area (Å²) in [5.74, 6) is -0.764. The summed E-state index contributed by atoms with van der Waals surface area (Å²) in [6.45, 7) is 0.594. The molecule has 0 heterocycles. The second-order valence-electron chi connectivity index (χ2n) is 4.41. The fourth-order valence-corrected chi connectivity index (χ4v) is 2.25. The number of aliphatic carboxylic acids is 1. The van der Waals surface area contributed by atoms with Crippen molar-refractivity contribution in [2.45, 2.75) is 44.2 Å². The maximum Gasteiger partial charge on any atom is 0.322 e. The summed E-state index contributed by atoms with van der Waals surface area (Å²) < 4.78 is 0. The molecule has 1 fully saturated rings. The van der Waals surface area contributed by atoms with Crippen molar-refractivity contribution in [3.05, 3.63) is 0 Å². The van der Waals surface area contributed by atoms with E-state index in [0.29, 0.717) is 12.6 Å². The number of nitrogens with one attached hydrogen (secondary N) is 1. The van der Waals surface area contributed by atoms with Crippen LogP contribution in [0, 0.1) is 0 Å². The number of nitrogens with zero attached hydrogens (tertiary/aromatic N) is 1. The minimum absolute atomic E-state index is 0.447. The number of likely N-dealkylation sites (N-methyl/N-ethyl adjacent to an activating group) is 2. The van der Waals surface area contributed by atoms with Crippen LogP contribution >= 0.6 is 0 Å². The van der Waals surface area contributed by atoms with Gasteiger partial charge in [0.15, 0.2) is 0 Å². The molecular formula is C11H22N2O2. The number of rotatable bonds is 5. The first-order valence-electron chi connectivity index (χ1n) is 5.75. The summed E-state index contributed by atoms with van der Waals surface area (Å²) in [6, 6.07) is 0.130. The summed E-state index contributed by atoms with van der Waals surface area (Å²) >= 11 is 0. The number of carbonyl (C=O) groups is 1. The van der Waals surface area contributed by atoms with E-state index in [4.69, 9.17) is 5.11 Å². The number of hydrogen-bond donors (Lipinski definition) is 2. The summed E-state index contributed by atoms with van der Waals surface area (Å²) in [5.41, 5.74) is 0. The van der Waals surface area contributed by atoms with E-state index in [2.05, 4.69) is 10.2 Å². The van der Waals surface area contributed by atoms with Crippen molar-refractivity contribution in [3.8, 4) is 0 Å². The predicted molar refractivity (Wildman–Crippen MR) is 60.0 cm³/mol. The van der Waals surface area contributed by atoms with E-state index in [1.165, 1.54) is 32.1 Å². The standard InChI is InChI=1S/C11H22N2O2/c1-12-10(11(14)15)8-13(2)9-6-4-3-5-7-9/h9-10,12H,3-8H2,1-2H3,(H,14,15). The highest BCUT2D eigenvalue weighted by Gasteiger charge is 2.23. The molecule has 0 aromatic carbocycles. The van der Waals surface area contributed by atoms with E-state index in [1.54, 1.807) is 7.05 Å². The molecule has 4 nitrogen and oxygen atoms in total. The van der Waals surface area contributed by atoms with E-state index in [0.717, 1.165) is 0 Å². The zero-order chi connectivity index (χ0) is 11.3. The molecule has 0 radical (unpaired) electrons. The predicted octanol–water partition coefficient (Wildman–Crippen LogP) is 0.923. The van der Waals surface area contributed by atoms with Gasteiger partial charge in [-0.25, -0.2) is 0 Å². The molecule has 1 aliphatic rings. The Hall–Kier alpha value is -0.610. The van der Waals surface area contributed by atoms with Crippen LogP contribution in [0.5, 0.6) is 0 Å². The molecule has 0 aromatic rings. The average molecular weight is 214 g/mol. The molecule has 1 unspecified atom stereocenters. The van der Waals surface area contributed by atoms with Gasteiger partial charge in [-0.3, -0.25) is 4.79 Å². The van der Waals surface area contributed by atoms with Crippen LogP contribution in [0.1, 0.15) is 32.1 Å². The fourth-order valence-electron chi connectivity index (χ4n) is 2.25. The summed E-state index contributed by atoms with van der Waals surface area (Å²) in [4.78, 5) is 13.0. The third-order valence-electron chi connectivity index (χ3n) is 3.32. The molecule has 0 aliphatic heterocycles. The van der Waals surface area contributed by atoms with Gasteiger partial charge in [-0.05, 0) is 26.9 Å². The van der Waals surface area contributed by atoms with Crippen molar-refractivity contribution in [3.63, 3.8) is 0 Å². The lowest BCUT2D eigenvalue weighted by molar-refractivity contribution is -0.139. The van der Waals surface area contributed by atoms with Crippen LogP contribution in [0.2, 0.25) is 0 Å². The Labute approximate surface area is 91.6 Å². The molecule has 1 rings (SSSR count). The minimum Gasteiger partial charge on any atom is -0.480 e. The largest absolute Gasteiger partial charge is 0.480 e. The molecule has 1 saturated carbocycles. The van der Waals surface area contributed by atoms with E-state index >= 15 is 0 Å². The van der Waals surface area contributed by atoms with Crippen molar-refractivity contribution < 1.29 is 9.90 Å². The van der Waals surface area contributed by atoms with Gasteiger partial charge in [0.1, 0.15) is 6.04 Å². The Morgan fingerprint density at radius 2 is 2.07 bits per heavy atom. The summed E-state index contributed by atoms with van der Waals surface area (Å²) in [5, 5.41) is 11.8. The highest BCUT2D eigenvalue weighted by atomic mass is 16.4.